The maximum Gasteiger partial charge on any atom is 0.223 e. The molecule has 2 aliphatic rings. The number of carbonyl (C=O) groups excluding carboxylic acids is 1. The molecule has 0 radical (unpaired) electrons. The zero-order valence-electron chi connectivity index (χ0n) is 19.5. The molecule has 2 aromatic carbocycles. The van der Waals surface area contributed by atoms with Crippen molar-refractivity contribution in [2.24, 2.45) is 5.92 Å². The van der Waals surface area contributed by atoms with Crippen LogP contribution in [0.25, 0.3) is 0 Å². The van der Waals surface area contributed by atoms with E-state index in [0.29, 0.717) is 32.5 Å². The number of hydrogen-bond acceptors (Lipinski definition) is 4. The van der Waals surface area contributed by atoms with E-state index in [1.54, 1.807) is 4.31 Å². The van der Waals surface area contributed by atoms with Gasteiger partial charge in [0, 0.05) is 32.1 Å². The van der Waals surface area contributed by atoms with Crippen molar-refractivity contribution in [1.82, 2.24) is 14.5 Å². The lowest BCUT2D eigenvalue weighted by atomic mass is 9.97. The van der Waals surface area contributed by atoms with Crippen molar-refractivity contribution in [3.8, 4) is 0 Å². The number of likely N-dealkylation sites (tertiary alicyclic amines) is 1. The van der Waals surface area contributed by atoms with Crippen LogP contribution < -0.4 is 5.32 Å². The maximum atomic E-state index is 12.8. The van der Waals surface area contributed by atoms with Gasteiger partial charge < -0.3 is 5.32 Å². The second kappa shape index (κ2) is 10.8. The summed E-state index contributed by atoms with van der Waals surface area (Å²) >= 11 is 0. The van der Waals surface area contributed by atoms with Crippen molar-refractivity contribution >= 4 is 15.9 Å². The zero-order chi connectivity index (χ0) is 23.3. The van der Waals surface area contributed by atoms with Gasteiger partial charge in [-0.2, -0.15) is 0 Å². The second-order valence-corrected chi connectivity index (χ2v) is 11.4. The van der Waals surface area contributed by atoms with E-state index in [1.165, 1.54) is 31.5 Å². The molecule has 1 amide bonds. The third kappa shape index (κ3) is 6.65. The Labute approximate surface area is 198 Å². The number of nitrogens with one attached hydrogen (secondary N) is 1. The van der Waals surface area contributed by atoms with Gasteiger partial charge in [-0.15, -0.1) is 0 Å². The number of hydrogen-bond donors (Lipinski definition) is 1. The lowest BCUT2D eigenvalue weighted by Crippen LogP contribution is -2.43. The third-order valence-electron chi connectivity index (χ3n) is 6.75. The van der Waals surface area contributed by atoms with Gasteiger partial charge in [0.25, 0.3) is 0 Å². The molecule has 2 aliphatic heterocycles. The van der Waals surface area contributed by atoms with E-state index in [4.69, 9.17) is 0 Å². The first-order valence-corrected chi connectivity index (χ1v) is 13.6. The van der Waals surface area contributed by atoms with Crippen molar-refractivity contribution in [3.05, 3.63) is 70.8 Å². The summed E-state index contributed by atoms with van der Waals surface area (Å²) in [7, 11) is -3.37. The minimum Gasteiger partial charge on any atom is -0.352 e. The van der Waals surface area contributed by atoms with Crippen molar-refractivity contribution < 1.29 is 13.2 Å². The summed E-state index contributed by atoms with van der Waals surface area (Å²) in [5.41, 5.74) is 4.31. The summed E-state index contributed by atoms with van der Waals surface area (Å²) < 4.78 is 27.1. The Morgan fingerprint density at radius 1 is 0.939 bits per heavy atom. The molecule has 0 saturated carbocycles. The van der Waals surface area contributed by atoms with Crippen LogP contribution >= 0.6 is 0 Å². The van der Waals surface area contributed by atoms with Gasteiger partial charge in [-0.25, -0.2) is 12.7 Å². The molecule has 2 fully saturated rings. The highest BCUT2D eigenvalue weighted by Gasteiger charge is 2.31. The number of sulfonamides is 1. The van der Waals surface area contributed by atoms with E-state index < -0.39 is 10.0 Å². The first-order chi connectivity index (χ1) is 15.9. The Kier molecular flexibility index (Phi) is 7.83. The molecule has 178 valence electrons. The molecule has 6 nitrogen and oxygen atoms in total. The fourth-order valence-corrected chi connectivity index (χ4v) is 6.32. The number of carbonyl (C=O) groups is 1. The van der Waals surface area contributed by atoms with Crippen LogP contribution in [0.15, 0.2) is 48.5 Å². The first kappa shape index (κ1) is 23.9. The Hall–Kier alpha value is -2.22. The van der Waals surface area contributed by atoms with E-state index in [1.807, 2.05) is 37.3 Å². The van der Waals surface area contributed by atoms with Crippen LogP contribution in [-0.4, -0.2) is 49.7 Å². The lowest BCUT2D eigenvalue weighted by Gasteiger charge is -2.30. The van der Waals surface area contributed by atoms with Crippen molar-refractivity contribution in [1.29, 1.82) is 0 Å². The van der Waals surface area contributed by atoms with Crippen molar-refractivity contribution in [2.75, 3.05) is 26.2 Å². The Morgan fingerprint density at radius 3 is 2.30 bits per heavy atom. The van der Waals surface area contributed by atoms with Crippen LogP contribution in [0.4, 0.5) is 0 Å². The standard InChI is InChI=1S/C26H35N3O3S/c1-21-7-9-22(10-8-21)20-33(31,32)29-15-11-25(12-16-29)26(30)27-18-23-5-4-6-24(17-23)19-28-13-2-3-14-28/h4-10,17,25H,2-3,11-16,18-20H2,1H3,(H,27,30). The zero-order valence-corrected chi connectivity index (χ0v) is 20.3. The second-order valence-electron chi connectivity index (χ2n) is 9.44. The number of aryl methyl sites for hydroxylation is 1. The molecule has 2 heterocycles. The SMILES string of the molecule is Cc1ccc(CS(=O)(=O)N2CCC(C(=O)NCc3cccc(CN4CCCC4)c3)CC2)cc1. The summed E-state index contributed by atoms with van der Waals surface area (Å²) in [5, 5.41) is 3.07. The average molecular weight is 470 g/mol. The minimum absolute atomic E-state index is 0.0118. The van der Waals surface area contributed by atoms with Gasteiger partial charge in [-0.3, -0.25) is 9.69 Å². The average Bonchev–Trinajstić information content (AvgIpc) is 3.32. The maximum absolute atomic E-state index is 12.8. The number of amides is 1. The number of benzene rings is 2. The van der Waals surface area contributed by atoms with Crippen LogP contribution in [0, 0.1) is 12.8 Å². The van der Waals surface area contributed by atoms with Gasteiger partial charge in [0.1, 0.15) is 0 Å². The predicted molar refractivity (Wildman–Crippen MR) is 131 cm³/mol. The van der Waals surface area contributed by atoms with E-state index in [-0.39, 0.29) is 17.6 Å². The topological polar surface area (TPSA) is 69.7 Å². The normalized spacial score (nSPS) is 18.5. The lowest BCUT2D eigenvalue weighted by molar-refractivity contribution is -0.126. The quantitative estimate of drug-likeness (QED) is 0.643. The fourth-order valence-electron chi connectivity index (χ4n) is 4.75. The predicted octanol–water partition coefficient (Wildman–Crippen LogP) is 3.45. The molecule has 33 heavy (non-hydrogen) atoms. The number of piperidine rings is 1. The van der Waals surface area contributed by atoms with E-state index in [9.17, 15) is 13.2 Å². The number of nitrogens with zero attached hydrogens (tertiary/aromatic N) is 2. The van der Waals surface area contributed by atoms with Gasteiger partial charge in [0.05, 0.1) is 5.75 Å². The van der Waals surface area contributed by atoms with Crippen LogP contribution in [-0.2, 0) is 33.7 Å². The van der Waals surface area contributed by atoms with Gasteiger partial charge in [-0.05, 0) is 62.4 Å². The monoisotopic (exact) mass is 469 g/mol. The first-order valence-electron chi connectivity index (χ1n) is 12.0. The largest absolute Gasteiger partial charge is 0.352 e. The van der Waals surface area contributed by atoms with Crippen molar-refractivity contribution in [2.45, 2.75) is 51.4 Å². The van der Waals surface area contributed by atoms with E-state index in [2.05, 4.69) is 28.4 Å². The molecular formula is C26H35N3O3S. The summed E-state index contributed by atoms with van der Waals surface area (Å²) in [6, 6.07) is 16.0. The molecule has 2 aromatic rings. The van der Waals surface area contributed by atoms with Gasteiger partial charge in [0.15, 0.2) is 0 Å². The minimum atomic E-state index is -3.37. The Bertz CT molecular complexity index is 1040. The highest BCUT2D eigenvalue weighted by atomic mass is 32.2. The van der Waals surface area contributed by atoms with Crippen LogP contribution in [0.5, 0.6) is 0 Å². The highest BCUT2D eigenvalue weighted by Crippen LogP contribution is 2.22. The van der Waals surface area contributed by atoms with Gasteiger partial charge in [0.2, 0.25) is 15.9 Å². The molecule has 2 saturated heterocycles. The Balaban J connectivity index is 1.24. The van der Waals surface area contributed by atoms with Crippen molar-refractivity contribution in [3.63, 3.8) is 0 Å². The summed E-state index contributed by atoms with van der Waals surface area (Å²) in [6.45, 7) is 6.60. The number of rotatable bonds is 8. The summed E-state index contributed by atoms with van der Waals surface area (Å²) in [5.74, 6) is -0.100. The molecule has 4 rings (SSSR count). The molecule has 0 atom stereocenters. The third-order valence-corrected chi connectivity index (χ3v) is 8.60. The van der Waals surface area contributed by atoms with Crippen LogP contribution in [0.1, 0.15) is 47.9 Å². The molecule has 0 aliphatic carbocycles. The molecule has 0 unspecified atom stereocenters. The molecule has 0 bridgehead atoms. The van der Waals surface area contributed by atoms with E-state index >= 15 is 0 Å². The van der Waals surface area contributed by atoms with Gasteiger partial charge in [-0.1, -0.05) is 54.1 Å². The molecule has 1 N–H and O–H groups in total. The van der Waals surface area contributed by atoms with Crippen LogP contribution in [0.2, 0.25) is 0 Å². The highest BCUT2D eigenvalue weighted by molar-refractivity contribution is 7.88. The van der Waals surface area contributed by atoms with Gasteiger partial charge >= 0.3 is 0 Å². The molecule has 0 aromatic heterocycles. The fraction of sp³-hybridized carbons (Fsp3) is 0.500. The smallest absolute Gasteiger partial charge is 0.223 e. The van der Waals surface area contributed by atoms with Crippen LogP contribution in [0.3, 0.4) is 0 Å². The molecule has 7 heteroatoms. The molecular weight excluding hydrogens is 434 g/mol. The van der Waals surface area contributed by atoms with E-state index in [0.717, 1.165) is 23.2 Å². The summed E-state index contributed by atoms with van der Waals surface area (Å²) in [6.07, 6.45) is 3.69. The Morgan fingerprint density at radius 2 is 1.61 bits per heavy atom. The molecule has 0 spiro atoms. The summed E-state index contributed by atoms with van der Waals surface area (Å²) in [4.78, 5) is 15.2.